The first-order chi connectivity index (χ1) is 20.5. The van der Waals surface area contributed by atoms with Crippen LogP contribution < -0.4 is 9.47 Å². The first-order valence-corrected chi connectivity index (χ1v) is 14.9. The van der Waals surface area contributed by atoms with E-state index in [-0.39, 0.29) is 4.75 Å². The van der Waals surface area contributed by atoms with Crippen molar-refractivity contribution >= 4 is 28.6 Å². The highest BCUT2D eigenvalue weighted by atomic mass is 32.2. The minimum Gasteiger partial charge on any atom is -0.494 e. The van der Waals surface area contributed by atoms with Gasteiger partial charge in [0.2, 0.25) is 0 Å². The number of fused-ring (bicyclic) bond motifs is 1. The summed E-state index contributed by atoms with van der Waals surface area (Å²) < 4.78 is 13.2. The number of hydrogen-bond acceptors (Lipinski definition) is 7. The van der Waals surface area contributed by atoms with Gasteiger partial charge in [-0.3, -0.25) is 9.78 Å². The number of benzene rings is 2. The number of aliphatic carboxylic acids is 1. The molecule has 1 unspecified atom stereocenters. The van der Waals surface area contributed by atoms with Gasteiger partial charge >= 0.3 is 5.97 Å². The first kappa shape index (κ1) is 30.1. The van der Waals surface area contributed by atoms with Crippen LogP contribution in [0.25, 0.3) is 22.3 Å². The molecule has 0 aliphatic rings. The summed E-state index contributed by atoms with van der Waals surface area (Å²) in [5.74, 6) is 0.175. The Balaban J connectivity index is 1.52. The van der Waals surface area contributed by atoms with Crippen LogP contribution in [-0.4, -0.2) is 42.5 Å². The molecule has 9 heteroatoms. The van der Waals surface area contributed by atoms with Gasteiger partial charge in [0.15, 0.2) is 11.6 Å². The standard InChI is InChI=1S/C34H36N4O4S/c1-21-10-11-24(35-17-21)20-42-25-12-13-29-27(16-25)31(43-34(2,3)4)30(38(29)5)28(33(39)40)15-22-8-7-9-23(14-22)32-36-18-26(41-6)19-37-32/h7-14,16-19,28H,15,20H2,1-6H3,(H,39,40). The van der Waals surface area contributed by atoms with Gasteiger partial charge in [0.1, 0.15) is 18.3 Å². The SMILES string of the molecule is COc1cnc(-c2cccc(CC(C(=O)O)c3c(SC(C)(C)C)c4cc(OCc5ccc(C)cn5)ccc4n3C)c2)nc1. The van der Waals surface area contributed by atoms with E-state index in [9.17, 15) is 9.90 Å². The molecule has 3 heterocycles. The highest BCUT2D eigenvalue weighted by Crippen LogP contribution is 2.45. The van der Waals surface area contributed by atoms with Crippen molar-refractivity contribution in [3.63, 3.8) is 0 Å². The summed E-state index contributed by atoms with van der Waals surface area (Å²) in [5.41, 5.74) is 5.36. The fourth-order valence-electron chi connectivity index (χ4n) is 4.99. The molecule has 0 aliphatic carbocycles. The number of aromatic nitrogens is 4. The third-order valence-electron chi connectivity index (χ3n) is 7.05. The maximum absolute atomic E-state index is 12.9. The van der Waals surface area contributed by atoms with E-state index in [2.05, 4.69) is 35.7 Å². The molecular formula is C34H36N4O4S. The van der Waals surface area contributed by atoms with E-state index in [0.717, 1.165) is 43.9 Å². The van der Waals surface area contributed by atoms with Crippen LogP contribution >= 0.6 is 11.8 Å². The van der Waals surface area contributed by atoms with Crippen molar-refractivity contribution < 1.29 is 19.4 Å². The Morgan fingerprint density at radius 3 is 2.42 bits per heavy atom. The minimum absolute atomic E-state index is 0.152. The van der Waals surface area contributed by atoms with Gasteiger partial charge in [-0.15, -0.1) is 11.8 Å². The van der Waals surface area contributed by atoms with Crippen LogP contribution in [0.2, 0.25) is 0 Å². The van der Waals surface area contributed by atoms with Gasteiger partial charge in [-0.2, -0.15) is 0 Å². The predicted molar refractivity (Wildman–Crippen MR) is 170 cm³/mol. The zero-order chi connectivity index (χ0) is 30.7. The number of carbonyl (C=O) groups is 1. The highest BCUT2D eigenvalue weighted by Gasteiger charge is 2.31. The molecule has 0 bridgehead atoms. The van der Waals surface area contributed by atoms with Crippen molar-refractivity contribution in [3.8, 4) is 22.9 Å². The summed E-state index contributed by atoms with van der Waals surface area (Å²) in [6.45, 7) is 8.76. The Kier molecular flexibility index (Phi) is 8.73. The molecule has 5 aromatic rings. The van der Waals surface area contributed by atoms with Crippen molar-refractivity contribution in [1.82, 2.24) is 19.5 Å². The smallest absolute Gasteiger partial charge is 0.312 e. The molecule has 2 aromatic carbocycles. The molecule has 0 saturated carbocycles. The maximum Gasteiger partial charge on any atom is 0.312 e. The van der Waals surface area contributed by atoms with E-state index in [0.29, 0.717) is 30.4 Å². The zero-order valence-corrected chi connectivity index (χ0v) is 26.1. The first-order valence-electron chi connectivity index (χ1n) is 14.1. The second kappa shape index (κ2) is 12.5. The van der Waals surface area contributed by atoms with E-state index in [1.165, 1.54) is 0 Å². The normalized spacial score (nSPS) is 12.3. The van der Waals surface area contributed by atoms with Crippen molar-refractivity contribution in [2.75, 3.05) is 7.11 Å². The van der Waals surface area contributed by atoms with Crippen LogP contribution in [0.1, 0.15) is 49.2 Å². The van der Waals surface area contributed by atoms with Gasteiger partial charge < -0.3 is 19.1 Å². The van der Waals surface area contributed by atoms with Crippen LogP contribution in [0, 0.1) is 6.92 Å². The van der Waals surface area contributed by atoms with Gasteiger partial charge in [0, 0.05) is 45.0 Å². The fourth-order valence-corrected chi connectivity index (χ4v) is 6.26. The number of ether oxygens (including phenoxy) is 2. The lowest BCUT2D eigenvalue weighted by Crippen LogP contribution is -2.19. The molecule has 8 nitrogen and oxygen atoms in total. The fraction of sp³-hybridized carbons (Fsp3) is 0.294. The van der Waals surface area contributed by atoms with Crippen molar-refractivity contribution in [3.05, 3.63) is 95.7 Å². The van der Waals surface area contributed by atoms with Gasteiger partial charge in [0.25, 0.3) is 0 Å². The summed E-state index contributed by atoms with van der Waals surface area (Å²) in [6, 6.07) is 17.7. The quantitative estimate of drug-likeness (QED) is 0.169. The molecule has 0 aliphatic heterocycles. The van der Waals surface area contributed by atoms with Crippen LogP contribution in [0.4, 0.5) is 0 Å². The van der Waals surface area contributed by atoms with Crippen LogP contribution in [0.15, 0.2) is 78.1 Å². The van der Waals surface area contributed by atoms with E-state index < -0.39 is 11.9 Å². The lowest BCUT2D eigenvalue weighted by molar-refractivity contribution is -0.139. The Morgan fingerprint density at radius 2 is 1.77 bits per heavy atom. The molecular weight excluding hydrogens is 560 g/mol. The lowest BCUT2D eigenvalue weighted by Gasteiger charge is -2.22. The van der Waals surface area contributed by atoms with E-state index in [1.807, 2.05) is 79.3 Å². The Bertz CT molecular complexity index is 1740. The van der Waals surface area contributed by atoms with E-state index in [1.54, 1.807) is 31.3 Å². The monoisotopic (exact) mass is 596 g/mol. The average molecular weight is 597 g/mol. The topological polar surface area (TPSA) is 99.4 Å². The number of thioether (sulfide) groups is 1. The van der Waals surface area contributed by atoms with Crippen molar-refractivity contribution in [1.29, 1.82) is 0 Å². The number of nitrogens with zero attached hydrogens (tertiary/aromatic N) is 4. The molecule has 0 fully saturated rings. The largest absolute Gasteiger partial charge is 0.494 e. The van der Waals surface area contributed by atoms with E-state index >= 15 is 0 Å². The number of rotatable bonds is 10. The molecule has 5 rings (SSSR count). The summed E-state index contributed by atoms with van der Waals surface area (Å²) >= 11 is 1.68. The maximum atomic E-state index is 12.9. The van der Waals surface area contributed by atoms with Gasteiger partial charge in [-0.1, -0.05) is 45.0 Å². The van der Waals surface area contributed by atoms with Crippen LogP contribution in [0.3, 0.4) is 0 Å². The summed E-state index contributed by atoms with van der Waals surface area (Å²) in [5, 5.41) is 11.6. The molecule has 222 valence electrons. The van der Waals surface area contributed by atoms with Gasteiger partial charge in [0.05, 0.1) is 25.2 Å². The Labute approximate surface area is 256 Å². The van der Waals surface area contributed by atoms with E-state index in [4.69, 9.17) is 9.47 Å². The predicted octanol–water partition coefficient (Wildman–Crippen LogP) is 7.23. The number of carboxylic acids is 1. The molecule has 0 spiro atoms. The summed E-state index contributed by atoms with van der Waals surface area (Å²) in [6.07, 6.45) is 5.38. The van der Waals surface area contributed by atoms with Crippen LogP contribution in [-0.2, 0) is 24.9 Å². The molecule has 0 saturated heterocycles. The van der Waals surface area contributed by atoms with Crippen molar-refractivity contribution in [2.24, 2.45) is 7.05 Å². The van der Waals surface area contributed by atoms with Gasteiger partial charge in [-0.05, 0) is 54.8 Å². The van der Waals surface area contributed by atoms with Crippen molar-refractivity contribution in [2.45, 2.75) is 56.3 Å². The third-order valence-corrected chi connectivity index (χ3v) is 8.30. The summed E-state index contributed by atoms with van der Waals surface area (Å²) in [7, 11) is 3.51. The highest BCUT2D eigenvalue weighted by molar-refractivity contribution is 8.00. The van der Waals surface area contributed by atoms with Gasteiger partial charge in [-0.25, -0.2) is 9.97 Å². The summed E-state index contributed by atoms with van der Waals surface area (Å²) in [4.78, 5) is 27.1. The second-order valence-electron chi connectivity index (χ2n) is 11.5. The molecule has 43 heavy (non-hydrogen) atoms. The molecule has 0 amide bonds. The molecule has 0 radical (unpaired) electrons. The minimum atomic E-state index is -0.880. The number of pyridine rings is 1. The number of aryl methyl sites for hydroxylation is 2. The number of hydrogen-bond donors (Lipinski definition) is 1. The third kappa shape index (κ3) is 7.00. The number of methoxy groups -OCH3 is 1. The molecule has 1 N–H and O–H groups in total. The Morgan fingerprint density at radius 1 is 1.00 bits per heavy atom. The number of carboxylic acid groups (broad SMARTS) is 1. The molecule has 1 atom stereocenters. The average Bonchev–Trinajstić information content (AvgIpc) is 3.24. The Hall–Kier alpha value is -4.37. The molecule has 3 aromatic heterocycles. The lowest BCUT2D eigenvalue weighted by atomic mass is 9.94. The second-order valence-corrected chi connectivity index (χ2v) is 13.4. The zero-order valence-electron chi connectivity index (χ0n) is 25.3. The van der Waals surface area contributed by atoms with Crippen LogP contribution in [0.5, 0.6) is 11.5 Å².